The second-order valence-corrected chi connectivity index (χ2v) is 14.3. The van der Waals surface area contributed by atoms with Crippen LogP contribution in [0.15, 0.2) is 69.6 Å². The normalized spacial score (nSPS) is 35.6. The fourth-order valence-electron chi connectivity index (χ4n) is 8.57. The van der Waals surface area contributed by atoms with Gasteiger partial charge in [-0.05, 0) is 50.0 Å². The van der Waals surface area contributed by atoms with Crippen LogP contribution in [0.4, 0.5) is 0 Å². The first-order valence-corrected chi connectivity index (χ1v) is 15.3. The van der Waals surface area contributed by atoms with Crippen molar-refractivity contribution in [3.63, 3.8) is 0 Å². The lowest BCUT2D eigenvalue weighted by atomic mass is 9.72. The number of fused-ring (bicyclic) bond motifs is 8. The number of nitrogens with two attached hydrogens (primary N) is 1. The molecule has 0 bridgehead atoms. The van der Waals surface area contributed by atoms with Crippen LogP contribution < -0.4 is 5.73 Å². The maximum atomic E-state index is 10.0. The van der Waals surface area contributed by atoms with E-state index >= 15 is 0 Å². The lowest BCUT2D eigenvalue weighted by Crippen LogP contribution is -2.47. The Bertz CT molecular complexity index is 1310. The first kappa shape index (κ1) is 24.4. The molecule has 0 aromatic carbocycles. The van der Waals surface area contributed by atoms with E-state index in [1.54, 1.807) is 0 Å². The summed E-state index contributed by atoms with van der Waals surface area (Å²) in [4.78, 5) is 2.68. The zero-order chi connectivity index (χ0) is 25.9. The molecule has 3 N–H and O–H groups in total. The highest BCUT2D eigenvalue weighted by Crippen LogP contribution is 2.56. The monoisotopic (exact) mass is 612 g/mol. The van der Waals surface area contributed by atoms with Crippen molar-refractivity contribution in [1.82, 2.24) is 4.90 Å². The van der Waals surface area contributed by atoms with Crippen molar-refractivity contribution in [3.8, 4) is 0 Å². The Morgan fingerprint density at radius 2 is 1.89 bits per heavy atom. The predicted octanol–water partition coefficient (Wildman–Crippen LogP) is 4.89. The van der Waals surface area contributed by atoms with Gasteiger partial charge in [-0.2, -0.15) is 0 Å². The number of alkyl halides is 1. The van der Waals surface area contributed by atoms with Gasteiger partial charge in [-0.3, -0.25) is 0 Å². The summed E-state index contributed by atoms with van der Waals surface area (Å²) < 4.78 is 9.30. The molecule has 37 heavy (non-hydrogen) atoms. The fraction of sp³-hybridized carbons (Fsp3) is 0.581. The largest absolute Gasteiger partial charge is 0.399 e. The molecule has 7 aliphatic rings. The van der Waals surface area contributed by atoms with Gasteiger partial charge in [-0.1, -0.05) is 54.7 Å². The van der Waals surface area contributed by atoms with Gasteiger partial charge in [0.2, 0.25) is 0 Å². The van der Waals surface area contributed by atoms with Crippen LogP contribution in [0, 0.1) is 10.8 Å². The van der Waals surface area contributed by atoms with Gasteiger partial charge in [0.05, 0.1) is 23.7 Å². The molecule has 0 aromatic rings. The summed E-state index contributed by atoms with van der Waals surface area (Å²) in [5.74, 6) is 0. The van der Waals surface area contributed by atoms with E-state index in [9.17, 15) is 5.11 Å². The molecule has 0 aromatic heterocycles. The maximum Gasteiger partial charge on any atom is 0.192 e. The molecule has 1 saturated heterocycles. The molecule has 0 saturated carbocycles. The molecule has 7 rings (SSSR count). The Hall–Kier alpha value is -1.64. The van der Waals surface area contributed by atoms with Crippen molar-refractivity contribution in [2.24, 2.45) is 16.6 Å². The third kappa shape index (κ3) is 3.43. The number of allylic oxidation sites excluding steroid dienone is 3. The van der Waals surface area contributed by atoms with E-state index in [0.29, 0.717) is 12.1 Å². The number of ether oxygens (including phenoxy) is 1. The van der Waals surface area contributed by atoms with Crippen LogP contribution in [0.3, 0.4) is 0 Å². The summed E-state index contributed by atoms with van der Waals surface area (Å²) in [6.45, 7) is 11.7. The van der Waals surface area contributed by atoms with Crippen molar-refractivity contribution in [2.45, 2.75) is 88.2 Å². The number of nitrogens with zero attached hydrogens (tertiary/aromatic N) is 2. The SMILES string of the molecule is CC1(C)C2=CC(CC(O)I)=CCC2N2CCC3O[C@H]4CC[N+]5=C(C4=CC3=C21)C(C)(C)C1=CC(N)=CCC15. The van der Waals surface area contributed by atoms with Gasteiger partial charge in [-0.25, -0.2) is 4.58 Å². The number of hydrogen-bond donors (Lipinski definition) is 2. The van der Waals surface area contributed by atoms with E-state index in [-0.39, 0.29) is 27.1 Å². The van der Waals surface area contributed by atoms with E-state index in [0.717, 1.165) is 50.9 Å². The van der Waals surface area contributed by atoms with Gasteiger partial charge in [0.1, 0.15) is 10.7 Å². The van der Waals surface area contributed by atoms with E-state index in [4.69, 9.17) is 10.5 Å². The number of aliphatic hydroxyl groups excluding tert-OH is 1. The summed E-state index contributed by atoms with van der Waals surface area (Å²) in [7, 11) is 0. The van der Waals surface area contributed by atoms with Gasteiger partial charge in [0, 0.05) is 59.3 Å². The highest BCUT2D eigenvalue weighted by atomic mass is 127. The smallest absolute Gasteiger partial charge is 0.192 e. The Labute approximate surface area is 234 Å². The third-order valence-corrected chi connectivity index (χ3v) is 10.5. The topological polar surface area (TPSA) is 61.7 Å². The average molecular weight is 613 g/mol. The fourth-order valence-corrected chi connectivity index (χ4v) is 9.08. The molecular formula is C31H39IN3O2+. The van der Waals surface area contributed by atoms with Crippen molar-refractivity contribution in [3.05, 3.63) is 69.6 Å². The van der Waals surface area contributed by atoms with Crippen molar-refractivity contribution in [1.29, 1.82) is 0 Å². The Morgan fingerprint density at radius 1 is 1.08 bits per heavy atom. The minimum absolute atomic E-state index is 0.0510. The molecule has 2 aliphatic carbocycles. The second-order valence-electron chi connectivity index (χ2n) is 12.9. The molecule has 196 valence electrons. The maximum absolute atomic E-state index is 10.0. The van der Waals surface area contributed by atoms with E-state index in [1.807, 2.05) is 0 Å². The molecule has 5 aliphatic heterocycles. The van der Waals surface area contributed by atoms with Gasteiger partial charge in [0.25, 0.3) is 0 Å². The third-order valence-electron chi connectivity index (χ3n) is 10.1. The Morgan fingerprint density at radius 3 is 2.68 bits per heavy atom. The molecule has 1 fully saturated rings. The van der Waals surface area contributed by atoms with E-state index in [1.165, 1.54) is 39.3 Å². The number of aliphatic hydroxyl groups is 1. The van der Waals surface area contributed by atoms with Crippen LogP contribution in [0.1, 0.15) is 59.8 Å². The van der Waals surface area contributed by atoms with Crippen molar-refractivity contribution >= 4 is 28.3 Å². The molecular weight excluding hydrogens is 573 g/mol. The number of hydrogen-bond acceptors (Lipinski definition) is 4. The lowest BCUT2D eigenvalue weighted by Gasteiger charge is -2.43. The molecule has 6 heteroatoms. The molecule has 4 unspecified atom stereocenters. The summed E-state index contributed by atoms with van der Waals surface area (Å²) >= 11 is 2.12. The van der Waals surface area contributed by atoms with Crippen LogP contribution in [0.2, 0.25) is 0 Å². The molecule has 0 spiro atoms. The zero-order valence-corrected chi connectivity index (χ0v) is 24.6. The minimum atomic E-state index is -0.338. The minimum Gasteiger partial charge on any atom is -0.399 e. The standard InChI is InChI=1S/C31H39IN3O2/c1-30(2)21-13-17(14-27(32)36)5-7-23(21)34-11-9-25-19(28(30)34)16-20-26(37-25)10-12-35-24-8-6-18(33)15-22(24)31(3,4)29(20)35/h5-6,13,15-16,23-27,36H,7-12,14,33H2,1-4H3/q+1/t23?,24?,25?,26-,27?/m0/s1. The van der Waals surface area contributed by atoms with Crippen LogP contribution >= 0.6 is 22.6 Å². The summed E-state index contributed by atoms with van der Waals surface area (Å²) in [5.41, 5.74) is 17.0. The van der Waals surface area contributed by atoms with Gasteiger partial charge in [0.15, 0.2) is 11.8 Å². The van der Waals surface area contributed by atoms with Crippen LogP contribution in [0.5, 0.6) is 0 Å². The van der Waals surface area contributed by atoms with Crippen molar-refractivity contribution in [2.75, 3.05) is 13.1 Å². The van der Waals surface area contributed by atoms with E-state index in [2.05, 4.69) is 90.1 Å². The van der Waals surface area contributed by atoms with Crippen LogP contribution in [-0.4, -0.2) is 61.8 Å². The average Bonchev–Trinajstić information content (AvgIpc) is 3.21. The molecule has 5 nitrogen and oxygen atoms in total. The Kier molecular flexibility index (Phi) is 5.40. The highest BCUT2D eigenvalue weighted by molar-refractivity contribution is 14.1. The summed E-state index contributed by atoms with van der Waals surface area (Å²) in [5, 5.41) is 10.0. The van der Waals surface area contributed by atoms with Crippen LogP contribution in [0.25, 0.3) is 0 Å². The quantitative estimate of drug-likeness (QED) is 0.265. The molecule has 0 radical (unpaired) electrons. The van der Waals surface area contributed by atoms with E-state index < -0.39 is 0 Å². The molecule has 5 heterocycles. The molecule has 5 atom stereocenters. The van der Waals surface area contributed by atoms with Crippen LogP contribution in [-0.2, 0) is 4.74 Å². The molecule has 0 amide bonds. The zero-order valence-electron chi connectivity index (χ0n) is 22.4. The summed E-state index contributed by atoms with van der Waals surface area (Å²) in [6.07, 6.45) is 16.9. The van der Waals surface area contributed by atoms with Gasteiger partial charge >= 0.3 is 0 Å². The highest BCUT2D eigenvalue weighted by Gasteiger charge is 2.58. The Balaban J connectivity index is 1.35. The predicted molar refractivity (Wildman–Crippen MR) is 155 cm³/mol. The van der Waals surface area contributed by atoms with Crippen molar-refractivity contribution < 1.29 is 14.4 Å². The number of rotatable bonds is 2. The first-order chi connectivity index (χ1) is 17.6. The summed E-state index contributed by atoms with van der Waals surface area (Å²) in [6, 6.07) is 0.844. The van der Waals surface area contributed by atoms with Gasteiger partial charge < -0.3 is 20.5 Å². The van der Waals surface area contributed by atoms with Gasteiger partial charge in [-0.15, -0.1) is 0 Å². The lowest BCUT2D eigenvalue weighted by molar-refractivity contribution is -0.555. The second kappa shape index (κ2) is 8.18. The first-order valence-electron chi connectivity index (χ1n) is 14.0. The number of halogens is 1.